The van der Waals surface area contributed by atoms with Crippen LogP contribution in [0.4, 0.5) is 0 Å². The highest BCUT2D eigenvalue weighted by Crippen LogP contribution is 2.15. The quantitative estimate of drug-likeness (QED) is 0.0368. The van der Waals surface area contributed by atoms with E-state index in [1.54, 1.807) is 6.08 Å². The molecule has 0 aliphatic rings. The molecule has 0 saturated heterocycles. The van der Waals surface area contributed by atoms with Gasteiger partial charge >= 0.3 is 0 Å². The number of hydrogen-bond acceptors (Lipinski definition) is 4. The predicted octanol–water partition coefficient (Wildman–Crippen LogP) is 13.9. The van der Waals surface area contributed by atoms with Gasteiger partial charge < -0.3 is 20.6 Å². The van der Waals surface area contributed by atoms with Crippen LogP contribution in [0.2, 0.25) is 0 Å². The van der Waals surface area contributed by atoms with Gasteiger partial charge in [-0.1, -0.05) is 217 Å². The minimum atomic E-state index is -0.951. The smallest absolute Gasteiger partial charge is 0.222 e. The SMILES string of the molecule is CCCCCCCCCC/C=C/CC/C=C/C(O)C(CO)NC(=O)CC(O)CCCCCCCCCCC/C=C\CCCCCCCCCCCCCC. The summed E-state index contributed by atoms with van der Waals surface area (Å²) in [5, 5.41) is 33.2. The van der Waals surface area contributed by atoms with Crippen molar-refractivity contribution in [3.05, 3.63) is 36.5 Å². The Morgan fingerprint density at radius 1 is 0.463 bits per heavy atom. The van der Waals surface area contributed by atoms with Crippen molar-refractivity contribution >= 4 is 5.91 Å². The zero-order chi connectivity index (χ0) is 39.4. The largest absolute Gasteiger partial charge is 0.394 e. The standard InChI is InChI=1S/C49H93NO4/c1-3-5-7-9-11-13-15-17-19-20-21-22-23-24-25-26-27-28-29-30-32-34-36-38-40-42-46(52)44-49(54)50-47(45-51)48(53)43-41-39-37-35-33-31-18-16-14-12-10-8-6-4-2/h24-25,33,35,41,43,46-48,51-53H,3-23,26-32,34,36-40,42,44-45H2,1-2H3,(H,50,54)/b25-24-,35-33+,43-41+. The number of carbonyl (C=O) groups excluding carboxylic acids is 1. The van der Waals surface area contributed by atoms with Crippen molar-refractivity contribution < 1.29 is 20.1 Å². The minimum Gasteiger partial charge on any atom is -0.394 e. The molecule has 0 rings (SSSR count). The molecule has 0 aromatic rings. The number of hydrogen-bond donors (Lipinski definition) is 4. The lowest BCUT2D eigenvalue weighted by molar-refractivity contribution is -0.124. The molecule has 0 heterocycles. The average Bonchev–Trinajstić information content (AvgIpc) is 3.16. The first-order chi connectivity index (χ1) is 26.5. The van der Waals surface area contributed by atoms with Gasteiger partial charge in [-0.2, -0.15) is 0 Å². The molecule has 0 radical (unpaired) electrons. The summed E-state index contributed by atoms with van der Waals surface area (Å²) in [7, 11) is 0. The molecule has 1 amide bonds. The van der Waals surface area contributed by atoms with Gasteiger partial charge in [0, 0.05) is 0 Å². The monoisotopic (exact) mass is 760 g/mol. The van der Waals surface area contributed by atoms with Crippen LogP contribution in [0.25, 0.3) is 0 Å². The fourth-order valence-electron chi connectivity index (χ4n) is 7.23. The molecule has 0 aromatic carbocycles. The van der Waals surface area contributed by atoms with E-state index >= 15 is 0 Å². The fraction of sp³-hybridized carbons (Fsp3) is 0.857. The van der Waals surface area contributed by atoms with Crippen LogP contribution in [0, 0.1) is 0 Å². The molecule has 0 aliphatic heterocycles. The molecule has 0 fully saturated rings. The molecular weight excluding hydrogens is 667 g/mol. The van der Waals surface area contributed by atoms with Crippen molar-refractivity contribution in [2.24, 2.45) is 0 Å². The summed E-state index contributed by atoms with van der Waals surface area (Å²) >= 11 is 0. The Bertz CT molecular complexity index is 840. The number of aliphatic hydroxyl groups is 3. The molecule has 54 heavy (non-hydrogen) atoms. The fourth-order valence-corrected chi connectivity index (χ4v) is 7.23. The molecule has 3 unspecified atom stereocenters. The van der Waals surface area contributed by atoms with Gasteiger partial charge in [-0.15, -0.1) is 0 Å². The number of unbranched alkanes of at least 4 members (excludes halogenated alkanes) is 30. The second-order valence-corrected chi connectivity index (χ2v) is 16.4. The summed E-state index contributed by atoms with van der Waals surface area (Å²) < 4.78 is 0. The number of nitrogens with one attached hydrogen (secondary N) is 1. The number of amides is 1. The topological polar surface area (TPSA) is 89.8 Å². The zero-order valence-electron chi connectivity index (χ0n) is 36.1. The number of rotatable bonds is 43. The van der Waals surface area contributed by atoms with E-state index in [1.807, 2.05) is 6.08 Å². The number of aliphatic hydroxyl groups excluding tert-OH is 3. The van der Waals surface area contributed by atoms with Crippen molar-refractivity contribution in [2.45, 2.75) is 263 Å². The first kappa shape index (κ1) is 52.6. The van der Waals surface area contributed by atoms with Crippen LogP contribution in [0.15, 0.2) is 36.5 Å². The van der Waals surface area contributed by atoms with Crippen LogP contribution >= 0.6 is 0 Å². The number of carbonyl (C=O) groups is 1. The van der Waals surface area contributed by atoms with E-state index in [2.05, 4.69) is 43.5 Å². The van der Waals surface area contributed by atoms with E-state index < -0.39 is 18.2 Å². The van der Waals surface area contributed by atoms with Gasteiger partial charge in [-0.05, 0) is 57.8 Å². The highest BCUT2D eigenvalue weighted by atomic mass is 16.3. The van der Waals surface area contributed by atoms with Crippen LogP contribution in [0.5, 0.6) is 0 Å². The van der Waals surface area contributed by atoms with Crippen molar-refractivity contribution in [1.82, 2.24) is 5.32 Å². The van der Waals surface area contributed by atoms with Gasteiger partial charge in [0.05, 0.1) is 31.3 Å². The van der Waals surface area contributed by atoms with Gasteiger partial charge in [-0.25, -0.2) is 0 Å². The van der Waals surface area contributed by atoms with Crippen molar-refractivity contribution in [1.29, 1.82) is 0 Å². The van der Waals surface area contributed by atoms with Crippen LogP contribution in [-0.2, 0) is 4.79 Å². The molecule has 5 nitrogen and oxygen atoms in total. The van der Waals surface area contributed by atoms with Crippen LogP contribution < -0.4 is 5.32 Å². The van der Waals surface area contributed by atoms with E-state index in [0.717, 1.165) is 32.1 Å². The molecule has 0 aromatic heterocycles. The van der Waals surface area contributed by atoms with Gasteiger partial charge in [0.1, 0.15) is 0 Å². The lowest BCUT2D eigenvalue weighted by Gasteiger charge is -2.21. The second-order valence-electron chi connectivity index (χ2n) is 16.4. The summed E-state index contributed by atoms with van der Waals surface area (Å²) in [6.07, 6.45) is 55.9. The third kappa shape index (κ3) is 40.2. The molecule has 5 heteroatoms. The van der Waals surface area contributed by atoms with Crippen molar-refractivity contribution in [2.75, 3.05) is 6.61 Å². The first-order valence-electron chi connectivity index (χ1n) is 23.8. The molecule has 318 valence electrons. The summed E-state index contributed by atoms with van der Waals surface area (Å²) in [4.78, 5) is 12.4. The highest BCUT2D eigenvalue weighted by Gasteiger charge is 2.20. The Kier molecular flexibility index (Phi) is 43.1. The highest BCUT2D eigenvalue weighted by molar-refractivity contribution is 5.76. The Labute approximate surface area is 336 Å². The third-order valence-corrected chi connectivity index (χ3v) is 10.9. The van der Waals surface area contributed by atoms with Crippen LogP contribution in [0.3, 0.4) is 0 Å². The Hall–Kier alpha value is -1.43. The van der Waals surface area contributed by atoms with E-state index in [4.69, 9.17) is 0 Å². The van der Waals surface area contributed by atoms with Crippen molar-refractivity contribution in [3.8, 4) is 0 Å². The van der Waals surface area contributed by atoms with E-state index in [1.165, 1.54) is 186 Å². The normalized spacial score (nSPS) is 13.8. The van der Waals surface area contributed by atoms with Gasteiger partial charge in [-0.3, -0.25) is 4.79 Å². The Morgan fingerprint density at radius 2 is 0.796 bits per heavy atom. The molecule has 0 aliphatic carbocycles. The molecule has 3 atom stereocenters. The maximum absolute atomic E-state index is 12.4. The van der Waals surface area contributed by atoms with E-state index in [-0.39, 0.29) is 18.9 Å². The summed E-state index contributed by atoms with van der Waals surface area (Å²) in [5.41, 5.74) is 0. The van der Waals surface area contributed by atoms with Gasteiger partial charge in [0.2, 0.25) is 5.91 Å². The lowest BCUT2D eigenvalue weighted by atomic mass is 10.0. The van der Waals surface area contributed by atoms with E-state index in [0.29, 0.717) is 6.42 Å². The summed E-state index contributed by atoms with van der Waals surface area (Å²) in [5.74, 6) is -0.326. The second kappa shape index (κ2) is 44.3. The molecular formula is C49H93NO4. The molecule has 4 N–H and O–H groups in total. The maximum Gasteiger partial charge on any atom is 0.222 e. The molecule has 0 spiro atoms. The lowest BCUT2D eigenvalue weighted by Crippen LogP contribution is -2.45. The average molecular weight is 760 g/mol. The van der Waals surface area contributed by atoms with E-state index in [9.17, 15) is 20.1 Å². The predicted molar refractivity (Wildman–Crippen MR) is 236 cm³/mol. The Morgan fingerprint density at radius 3 is 1.19 bits per heavy atom. The van der Waals surface area contributed by atoms with Crippen molar-refractivity contribution in [3.63, 3.8) is 0 Å². The summed E-state index contributed by atoms with van der Waals surface area (Å²) in [6.45, 7) is 4.20. The molecule has 0 bridgehead atoms. The first-order valence-corrected chi connectivity index (χ1v) is 23.8. The van der Waals surface area contributed by atoms with Crippen LogP contribution in [-0.4, -0.2) is 46.1 Å². The van der Waals surface area contributed by atoms with Gasteiger partial charge in [0.15, 0.2) is 0 Å². The van der Waals surface area contributed by atoms with Gasteiger partial charge in [0.25, 0.3) is 0 Å². The zero-order valence-corrected chi connectivity index (χ0v) is 36.1. The minimum absolute atomic E-state index is 0.00513. The van der Waals surface area contributed by atoms with Crippen LogP contribution in [0.1, 0.15) is 245 Å². The summed E-state index contributed by atoms with van der Waals surface area (Å²) in [6, 6.07) is -0.760. The Balaban J connectivity index is 3.62. The molecule has 0 saturated carbocycles. The number of allylic oxidation sites excluding steroid dienone is 5. The third-order valence-electron chi connectivity index (χ3n) is 10.9. The maximum atomic E-state index is 12.4.